The second-order valence-corrected chi connectivity index (χ2v) is 6.10. The van der Waals surface area contributed by atoms with Crippen LogP contribution in [0.15, 0.2) is 42.5 Å². The number of hydrogen-bond donors (Lipinski definition) is 2. The summed E-state index contributed by atoms with van der Waals surface area (Å²) >= 11 is 0. The fraction of sp³-hybridized carbons (Fsp3) is 0.263. The molecular weight excluding hydrogens is 302 g/mol. The molecule has 0 saturated heterocycles. The summed E-state index contributed by atoms with van der Waals surface area (Å²) in [4.78, 5) is 26.2. The molecule has 0 radical (unpaired) electrons. The average Bonchev–Trinajstić information content (AvgIpc) is 2.60. The van der Waals surface area contributed by atoms with E-state index >= 15 is 0 Å². The predicted octanol–water partition coefficient (Wildman–Crippen LogP) is 3.00. The van der Waals surface area contributed by atoms with Crippen molar-refractivity contribution >= 4 is 23.2 Å². The highest BCUT2D eigenvalue weighted by Gasteiger charge is 2.18. The van der Waals surface area contributed by atoms with Crippen molar-refractivity contribution in [3.8, 4) is 0 Å². The van der Waals surface area contributed by atoms with Gasteiger partial charge in [0.05, 0.1) is 0 Å². The van der Waals surface area contributed by atoms with Gasteiger partial charge in [-0.25, -0.2) is 0 Å². The fourth-order valence-electron chi connectivity index (χ4n) is 2.91. The van der Waals surface area contributed by atoms with E-state index in [4.69, 9.17) is 0 Å². The standard InChI is InChI=1S/C19H21N3O2/c1-22(2)19(24)13-6-3-7-14(12-13)21-18(23)16-8-4-10-17-15(16)9-5-11-20-17/h3-4,6-8,10,12,20H,5,9,11H2,1-2H3,(H,21,23). The minimum atomic E-state index is -0.148. The number of carbonyl (C=O) groups is 2. The highest BCUT2D eigenvalue weighted by Crippen LogP contribution is 2.26. The zero-order chi connectivity index (χ0) is 17.1. The highest BCUT2D eigenvalue weighted by molar-refractivity contribution is 6.07. The van der Waals surface area contributed by atoms with Crippen LogP contribution in [-0.4, -0.2) is 37.4 Å². The third-order valence-corrected chi connectivity index (χ3v) is 4.11. The molecule has 0 atom stereocenters. The van der Waals surface area contributed by atoms with Gasteiger partial charge in [-0.15, -0.1) is 0 Å². The number of anilines is 2. The van der Waals surface area contributed by atoms with Gasteiger partial charge in [-0.1, -0.05) is 12.1 Å². The first-order valence-electron chi connectivity index (χ1n) is 8.05. The van der Waals surface area contributed by atoms with E-state index in [1.165, 1.54) is 4.90 Å². The Morgan fingerprint density at radius 3 is 2.71 bits per heavy atom. The van der Waals surface area contributed by atoms with Gasteiger partial charge in [0.25, 0.3) is 11.8 Å². The lowest BCUT2D eigenvalue weighted by molar-refractivity contribution is 0.0827. The van der Waals surface area contributed by atoms with E-state index in [0.717, 1.165) is 30.6 Å². The van der Waals surface area contributed by atoms with Crippen LogP contribution in [0.2, 0.25) is 0 Å². The maximum atomic E-state index is 12.7. The van der Waals surface area contributed by atoms with Crippen molar-refractivity contribution in [3.63, 3.8) is 0 Å². The Labute approximate surface area is 141 Å². The highest BCUT2D eigenvalue weighted by atomic mass is 16.2. The quantitative estimate of drug-likeness (QED) is 0.913. The summed E-state index contributed by atoms with van der Waals surface area (Å²) in [5, 5.41) is 6.23. The Morgan fingerprint density at radius 1 is 1.12 bits per heavy atom. The summed E-state index contributed by atoms with van der Waals surface area (Å²) in [6, 6.07) is 12.7. The van der Waals surface area contributed by atoms with Crippen LogP contribution >= 0.6 is 0 Å². The summed E-state index contributed by atoms with van der Waals surface area (Å²) in [7, 11) is 3.41. The van der Waals surface area contributed by atoms with Crippen molar-refractivity contribution in [2.24, 2.45) is 0 Å². The average molecular weight is 323 g/mol. The summed E-state index contributed by atoms with van der Waals surface area (Å²) in [5.74, 6) is -0.239. The number of rotatable bonds is 3. The second-order valence-electron chi connectivity index (χ2n) is 6.10. The Bertz CT molecular complexity index is 784. The molecule has 0 aliphatic carbocycles. The Balaban J connectivity index is 1.83. The van der Waals surface area contributed by atoms with Crippen molar-refractivity contribution in [2.75, 3.05) is 31.3 Å². The first-order chi connectivity index (χ1) is 11.6. The molecule has 0 aromatic heterocycles. The van der Waals surface area contributed by atoms with Crippen molar-refractivity contribution < 1.29 is 9.59 Å². The van der Waals surface area contributed by atoms with Gasteiger partial charge in [-0.3, -0.25) is 9.59 Å². The van der Waals surface area contributed by atoms with E-state index in [9.17, 15) is 9.59 Å². The maximum Gasteiger partial charge on any atom is 0.256 e. The normalized spacial score (nSPS) is 12.8. The van der Waals surface area contributed by atoms with Crippen molar-refractivity contribution in [1.29, 1.82) is 0 Å². The molecule has 0 spiro atoms. The summed E-state index contributed by atoms with van der Waals surface area (Å²) in [6.45, 7) is 0.937. The molecule has 0 saturated carbocycles. The van der Waals surface area contributed by atoms with E-state index in [2.05, 4.69) is 10.6 Å². The molecule has 0 unspecified atom stereocenters. The van der Waals surface area contributed by atoms with Crippen LogP contribution in [0.25, 0.3) is 0 Å². The van der Waals surface area contributed by atoms with Gasteiger partial charge in [-0.2, -0.15) is 0 Å². The number of carbonyl (C=O) groups excluding carboxylic acids is 2. The van der Waals surface area contributed by atoms with Gasteiger partial charge < -0.3 is 15.5 Å². The van der Waals surface area contributed by atoms with Crippen LogP contribution in [-0.2, 0) is 6.42 Å². The number of nitrogens with zero attached hydrogens (tertiary/aromatic N) is 1. The summed E-state index contributed by atoms with van der Waals surface area (Å²) in [5.41, 5.74) is 3.94. The summed E-state index contributed by atoms with van der Waals surface area (Å²) in [6.07, 6.45) is 1.91. The zero-order valence-electron chi connectivity index (χ0n) is 13.9. The molecule has 24 heavy (non-hydrogen) atoms. The van der Waals surface area contributed by atoms with Crippen LogP contribution in [0.3, 0.4) is 0 Å². The molecule has 2 aromatic rings. The Kier molecular flexibility index (Phi) is 4.51. The van der Waals surface area contributed by atoms with Crippen LogP contribution in [0.1, 0.15) is 32.7 Å². The summed E-state index contributed by atoms with van der Waals surface area (Å²) < 4.78 is 0. The number of fused-ring (bicyclic) bond motifs is 1. The molecule has 0 bridgehead atoms. The minimum Gasteiger partial charge on any atom is -0.385 e. The fourth-order valence-corrected chi connectivity index (χ4v) is 2.91. The van der Waals surface area contributed by atoms with Gasteiger partial charge >= 0.3 is 0 Å². The number of nitrogens with one attached hydrogen (secondary N) is 2. The molecule has 1 aliphatic rings. The first-order valence-corrected chi connectivity index (χ1v) is 8.05. The van der Waals surface area contributed by atoms with Crippen molar-refractivity contribution in [3.05, 3.63) is 59.2 Å². The predicted molar refractivity (Wildman–Crippen MR) is 95.7 cm³/mol. The number of benzene rings is 2. The van der Waals surface area contributed by atoms with Gasteiger partial charge in [0.15, 0.2) is 0 Å². The molecule has 5 nitrogen and oxygen atoms in total. The molecule has 1 aliphatic heterocycles. The Morgan fingerprint density at radius 2 is 1.92 bits per heavy atom. The number of amides is 2. The molecule has 3 rings (SSSR count). The minimum absolute atomic E-state index is 0.0904. The van der Waals surface area contributed by atoms with Gasteiger partial charge in [0.1, 0.15) is 0 Å². The van der Waals surface area contributed by atoms with Crippen LogP contribution in [0.4, 0.5) is 11.4 Å². The maximum absolute atomic E-state index is 12.7. The number of hydrogen-bond acceptors (Lipinski definition) is 3. The molecule has 2 amide bonds. The van der Waals surface area contributed by atoms with E-state index in [1.54, 1.807) is 38.4 Å². The van der Waals surface area contributed by atoms with Crippen LogP contribution in [0, 0.1) is 0 Å². The third-order valence-electron chi connectivity index (χ3n) is 4.11. The first kappa shape index (κ1) is 16.1. The molecule has 2 aromatic carbocycles. The van der Waals surface area contributed by atoms with Crippen LogP contribution in [0.5, 0.6) is 0 Å². The van der Waals surface area contributed by atoms with E-state index in [-0.39, 0.29) is 11.8 Å². The third kappa shape index (κ3) is 3.25. The van der Waals surface area contributed by atoms with Crippen molar-refractivity contribution in [1.82, 2.24) is 4.90 Å². The smallest absolute Gasteiger partial charge is 0.256 e. The molecule has 124 valence electrons. The molecule has 2 N–H and O–H groups in total. The molecule has 1 heterocycles. The SMILES string of the molecule is CN(C)C(=O)c1cccc(NC(=O)c2cccc3c2CCCN3)c1. The van der Waals surface area contributed by atoms with Gasteiger partial charge in [0, 0.05) is 43.1 Å². The van der Waals surface area contributed by atoms with Gasteiger partial charge in [0.2, 0.25) is 0 Å². The zero-order valence-corrected chi connectivity index (χ0v) is 13.9. The lowest BCUT2D eigenvalue weighted by Gasteiger charge is -2.20. The van der Waals surface area contributed by atoms with Crippen LogP contribution < -0.4 is 10.6 Å². The molecule has 0 fully saturated rings. The van der Waals surface area contributed by atoms with Crippen molar-refractivity contribution in [2.45, 2.75) is 12.8 Å². The van der Waals surface area contributed by atoms with E-state index in [1.807, 2.05) is 18.2 Å². The van der Waals surface area contributed by atoms with E-state index in [0.29, 0.717) is 16.8 Å². The Hall–Kier alpha value is -2.82. The monoisotopic (exact) mass is 323 g/mol. The van der Waals surface area contributed by atoms with Gasteiger partial charge in [-0.05, 0) is 48.7 Å². The lowest BCUT2D eigenvalue weighted by Crippen LogP contribution is -2.22. The molecule has 5 heteroatoms. The largest absolute Gasteiger partial charge is 0.385 e. The van der Waals surface area contributed by atoms with E-state index < -0.39 is 0 Å². The lowest BCUT2D eigenvalue weighted by atomic mass is 9.97. The second kappa shape index (κ2) is 6.74. The molecular formula is C19H21N3O2. The topological polar surface area (TPSA) is 61.4 Å².